The number of pyridine rings is 1. The van der Waals surface area contributed by atoms with Crippen LogP contribution in [0.15, 0.2) is 42.6 Å². The lowest BCUT2D eigenvalue weighted by atomic mass is 9.92. The van der Waals surface area contributed by atoms with Gasteiger partial charge >= 0.3 is 6.03 Å². The van der Waals surface area contributed by atoms with Gasteiger partial charge in [0.25, 0.3) is 0 Å². The molecule has 2 aromatic carbocycles. The Morgan fingerprint density at radius 1 is 0.909 bits per heavy atom. The van der Waals surface area contributed by atoms with E-state index in [1.54, 1.807) is 57.9 Å². The molecule has 0 atom stereocenters. The molecule has 0 aliphatic heterocycles. The van der Waals surface area contributed by atoms with E-state index in [1.807, 2.05) is 6.07 Å². The van der Waals surface area contributed by atoms with Crippen LogP contribution in [0.25, 0.3) is 10.9 Å². The number of rotatable bonds is 8. The fourth-order valence-electron chi connectivity index (χ4n) is 3.22. The maximum Gasteiger partial charge on any atom is 0.319 e. The van der Waals surface area contributed by atoms with E-state index >= 15 is 0 Å². The number of carbonyl (C=O) groups is 1. The van der Waals surface area contributed by atoms with Crippen molar-refractivity contribution in [2.24, 2.45) is 5.41 Å². The Kier molecular flexibility index (Phi) is 7.48. The Labute approximate surface area is 194 Å². The Balaban J connectivity index is 1.78. The van der Waals surface area contributed by atoms with Crippen LogP contribution >= 0.6 is 0 Å². The van der Waals surface area contributed by atoms with Gasteiger partial charge in [0.1, 0.15) is 17.2 Å². The van der Waals surface area contributed by atoms with E-state index in [0.29, 0.717) is 46.5 Å². The van der Waals surface area contributed by atoms with Crippen LogP contribution < -0.4 is 29.6 Å². The number of fused-ring (bicyclic) bond motifs is 1. The van der Waals surface area contributed by atoms with Gasteiger partial charge in [0.15, 0.2) is 11.5 Å². The van der Waals surface area contributed by atoms with E-state index in [4.69, 9.17) is 18.9 Å². The first kappa shape index (κ1) is 24.0. The minimum atomic E-state index is -0.285. The summed E-state index contributed by atoms with van der Waals surface area (Å²) in [6.45, 7) is 6.98. The third-order valence-corrected chi connectivity index (χ3v) is 5.02. The highest BCUT2D eigenvalue weighted by molar-refractivity contribution is 5.91. The van der Waals surface area contributed by atoms with Crippen molar-refractivity contribution in [2.75, 3.05) is 33.2 Å². The van der Waals surface area contributed by atoms with E-state index in [1.165, 1.54) is 0 Å². The fraction of sp³-hybridized carbons (Fsp3) is 0.360. The van der Waals surface area contributed by atoms with Crippen LogP contribution in [-0.4, -0.2) is 38.9 Å². The molecule has 0 fully saturated rings. The second-order valence-electron chi connectivity index (χ2n) is 8.69. The molecular weight excluding hydrogens is 422 g/mol. The maximum absolute atomic E-state index is 12.3. The highest BCUT2D eigenvalue weighted by atomic mass is 16.5. The predicted molar refractivity (Wildman–Crippen MR) is 129 cm³/mol. The van der Waals surface area contributed by atoms with Gasteiger partial charge in [-0.3, -0.25) is 4.98 Å². The lowest BCUT2D eigenvalue weighted by Gasteiger charge is -2.18. The summed E-state index contributed by atoms with van der Waals surface area (Å²) >= 11 is 0. The van der Waals surface area contributed by atoms with Crippen molar-refractivity contribution in [1.29, 1.82) is 0 Å². The molecule has 0 saturated carbocycles. The van der Waals surface area contributed by atoms with E-state index < -0.39 is 0 Å². The number of nitrogens with one attached hydrogen (secondary N) is 2. The Morgan fingerprint density at radius 3 is 2.27 bits per heavy atom. The Bertz CT molecular complexity index is 1120. The first-order valence-electron chi connectivity index (χ1n) is 10.7. The summed E-state index contributed by atoms with van der Waals surface area (Å²) in [5.74, 6) is 2.80. The van der Waals surface area contributed by atoms with Crippen LogP contribution in [0.4, 0.5) is 10.5 Å². The van der Waals surface area contributed by atoms with Gasteiger partial charge in [-0.15, -0.1) is 0 Å². The summed E-state index contributed by atoms with van der Waals surface area (Å²) in [7, 11) is 4.70. The van der Waals surface area contributed by atoms with Gasteiger partial charge in [-0.2, -0.15) is 0 Å². The first-order chi connectivity index (χ1) is 15.7. The van der Waals surface area contributed by atoms with Crippen LogP contribution in [-0.2, 0) is 0 Å². The van der Waals surface area contributed by atoms with Crippen LogP contribution in [0, 0.1) is 5.41 Å². The number of urea groups is 1. The van der Waals surface area contributed by atoms with Gasteiger partial charge in [0.05, 0.1) is 32.5 Å². The number of anilines is 1. The molecule has 1 heterocycles. The molecule has 0 radical (unpaired) electrons. The topological polar surface area (TPSA) is 90.9 Å². The maximum atomic E-state index is 12.3. The molecule has 8 nitrogen and oxygen atoms in total. The third-order valence-electron chi connectivity index (χ3n) is 5.02. The van der Waals surface area contributed by atoms with Crippen molar-refractivity contribution in [3.8, 4) is 28.7 Å². The van der Waals surface area contributed by atoms with Gasteiger partial charge in [-0.1, -0.05) is 20.8 Å². The molecule has 0 bridgehead atoms. The van der Waals surface area contributed by atoms with Crippen molar-refractivity contribution in [2.45, 2.75) is 27.2 Å². The predicted octanol–water partition coefficient (Wildman–Crippen LogP) is 5.61. The average Bonchev–Trinajstić information content (AvgIpc) is 2.78. The highest BCUT2D eigenvalue weighted by Gasteiger charge is 2.14. The molecule has 1 aromatic heterocycles. The zero-order valence-corrected chi connectivity index (χ0v) is 19.9. The molecule has 3 rings (SSSR count). The molecule has 33 heavy (non-hydrogen) atoms. The van der Waals surface area contributed by atoms with E-state index in [2.05, 4.69) is 36.4 Å². The van der Waals surface area contributed by atoms with Crippen molar-refractivity contribution in [3.63, 3.8) is 0 Å². The number of hydrogen-bond acceptors (Lipinski definition) is 6. The molecule has 0 aliphatic rings. The summed E-state index contributed by atoms with van der Waals surface area (Å²) in [5.41, 5.74) is 1.40. The minimum absolute atomic E-state index is 0.149. The molecule has 0 spiro atoms. The number of hydrogen-bond donors (Lipinski definition) is 2. The van der Waals surface area contributed by atoms with Crippen LogP contribution in [0.3, 0.4) is 0 Å². The van der Waals surface area contributed by atoms with Crippen LogP contribution in [0.2, 0.25) is 0 Å². The number of aromatic nitrogens is 1. The molecule has 3 aromatic rings. The number of ether oxygens (including phenoxy) is 4. The quantitative estimate of drug-likeness (QED) is 0.461. The molecular formula is C25H31N3O5. The summed E-state index contributed by atoms with van der Waals surface area (Å²) in [5, 5.41) is 6.47. The zero-order valence-electron chi connectivity index (χ0n) is 19.9. The van der Waals surface area contributed by atoms with Crippen molar-refractivity contribution < 1.29 is 23.7 Å². The SMILES string of the molecule is COc1cc(Oc2ccnc3cc(OC)c(OC)cc23)ccc1NC(=O)NCCC(C)(C)C. The first-order valence-corrected chi connectivity index (χ1v) is 10.7. The summed E-state index contributed by atoms with van der Waals surface area (Å²) < 4.78 is 22.4. The van der Waals surface area contributed by atoms with Crippen molar-refractivity contribution in [1.82, 2.24) is 10.3 Å². The van der Waals surface area contributed by atoms with Crippen LogP contribution in [0.1, 0.15) is 27.2 Å². The number of amides is 2. The largest absolute Gasteiger partial charge is 0.494 e. The second-order valence-corrected chi connectivity index (χ2v) is 8.69. The normalized spacial score (nSPS) is 11.1. The van der Waals surface area contributed by atoms with Crippen molar-refractivity contribution in [3.05, 3.63) is 42.6 Å². The number of benzene rings is 2. The van der Waals surface area contributed by atoms with E-state index in [0.717, 1.165) is 11.8 Å². The second kappa shape index (κ2) is 10.3. The molecule has 0 aliphatic carbocycles. The van der Waals surface area contributed by atoms with Crippen LogP contribution in [0.5, 0.6) is 28.7 Å². The summed E-state index contributed by atoms with van der Waals surface area (Å²) in [6, 6.07) is 10.3. The summed E-state index contributed by atoms with van der Waals surface area (Å²) in [4.78, 5) is 16.7. The van der Waals surface area contributed by atoms with Gasteiger partial charge in [0.2, 0.25) is 0 Å². The molecule has 2 N–H and O–H groups in total. The third kappa shape index (κ3) is 6.19. The van der Waals surface area contributed by atoms with E-state index in [-0.39, 0.29) is 11.4 Å². The molecule has 8 heteroatoms. The minimum Gasteiger partial charge on any atom is -0.494 e. The monoisotopic (exact) mass is 453 g/mol. The molecule has 0 unspecified atom stereocenters. The van der Waals surface area contributed by atoms with Gasteiger partial charge in [0, 0.05) is 30.3 Å². The van der Waals surface area contributed by atoms with Crippen molar-refractivity contribution >= 4 is 22.6 Å². The van der Waals surface area contributed by atoms with E-state index in [9.17, 15) is 4.79 Å². The molecule has 0 saturated heterocycles. The van der Waals surface area contributed by atoms with Gasteiger partial charge < -0.3 is 29.6 Å². The fourth-order valence-corrected chi connectivity index (χ4v) is 3.22. The smallest absolute Gasteiger partial charge is 0.319 e. The lowest BCUT2D eigenvalue weighted by molar-refractivity contribution is 0.250. The lowest BCUT2D eigenvalue weighted by Crippen LogP contribution is -2.31. The number of methoxy groups -OCH3 is 3. The average molecular weight is 454 g/mol. The number of nitrogens with zero attached hydrogens (tertiary/aromatic N) is 1. The molecule has 2 amide bonds. The zero-order chi connectivity index (χ0) is 24.0. The highest BCUT2D eigenvalue weighted by Crippen LogP contribution is 2.38. The molecule has 176 valence electrons. The standard InChI is InChI=1S/C25H31N3O5/c1-25(2,3)10-12-27-24(29)28-18-8-7-16(13-21(18)30-4)33-20-9-11-26-19-15-23(32-6)22(31-5)14-17(19)20/h7-9,11,13-15H,10,12H2,1-6H3,(H2,27,28,29). The van der Waals surface area contributed by atoms with Gasteiger partial charge in [-0.25, -0.2) is 4.79 Å². The Morgan fingerprint density at radius 2 is 1.61 bits per heavy atom. The number of carbonyl (C=O) groups excluding carboxylic acids is 1. The Hall–Kier alpha value is -3.68. The summed E-state index contributed by atoms with van der Waals surface area (Å²) in [6.07, 6.45) is 2.54. The van der Waals surface area contributed by atoms with Gasteiger partial charge in [-0.05, 0) is 36.1 Å².